The molecule has 1 atom stereocenters. The third-order valence-corrected chi connectivity index (χ3v) is 6.25. The van der Waals surface area contributed by atoms with E-state index in [4.69, 9.17) is 4.52 Å². The lowest BCUT2D eigenvalue weighted by Crippen LogP contribution is -2.44. The monoisotopic (exact) mass is 515 g/mol. The minimum absolute atomic E-state index is 0.180. The predicted molar refractivity (Wildman–Crippen MR) is 111 cm³/mol. The van der Waals surface area contributed by atoms with E-state index in [0.717, 1.165) is 6.20 Å². The van der Waals surface area contributed by atoms with Gasteiger partial charge in [0.25, 0.3) is 5.71 Å². The number of fused-ring (bicyclic) bond motifs is 2. The molecule has 1 aromatic carbocycles. The van der Waals surface area contributed by atoms with E-state index in [1.807, 2.05) is 0 Å². The van der Waals surface area contributed by atoms with Gasteiger partial charge < -0.3 is 4.52 Å². The van der Waals surface area contributed by atoms with Crippen molar-refractivity contribution in [2.75, 3.05) is 6.26 Å². The summed E-state index contributed by atoms with van der Waals surface area (Å²) in [5, 5.41) is 3.53. The molecule has 0 radical (unpaired) electrons. The molecule has 0 saturated heterocycles. The summed E-state index contributed by atoms with van der Waals surface area (Å²) in [6.07, 6.45) is 1.45. The third-order valence-electron chi connectivity index (χ3n) is 5.54. The minimum Gasteiger partial charge on any atom is -0.334 e. The Hall–Kier alpha value is -3.59. The first-order valence-corrected chi connectivity index (χ1v) is 11.8. The van der Waals surface area contributed by atoms with Crippen LogP contribution in [0.2, 0.25) is 0 Å². The number of nitrogens with one attached hydrogen (secondary N) is 1. The minimum atomic E-state index is -4.01. The first-order chi connectivity index (χ1) is 16.3. The summed E-state index contributed by atoms with van der Waals surface area (Å²) in [5.74, 6) is -7.82. The second-order valence-electron chi connectivity index (χ2n) is 8.09. The number of hydrogen-bond donors (Lipinski definition) is 1. The number of benzene rings is 1. The number of aryl methyl sites for hydroxylation is 1. The van der Waals surface area contributed by atoms with Crippen molar-refractivity contribution in [3.63, 3.8) is 0 Å². The zero-order valence-electron chi connectivity index (χ0n) is 17.8. The van der Waals surface area contributed by atoms with Crippen molar-refractivity contribution in [1.29, 1.82) is 0 Å². The van der Waals surface area contributed by atoms with Crippen molar-refractivity contribution < 1.29 is 34.9 Å². The molecule has 35 heavy (non-hydrogen) atoms. The molecule has 0 bridgehead atoms. The summed E-state index contributed by atoms with van der Waals surface area (Å²) < 4.78 is 104. The van der Waals surface area contributed by atoms with Gasteiger partial charge in [0, 0.05) is 29.6 Å². The van der Waals surface area contributed by atoms with Gasteiger partial charge in [-0.2, -0.15) is 8.78 Å². The third kappa shape index (κ3) is 3.61. The van der Waals surface area contributed by atoms with E-state index in [9.17, 15) is 35.2 Å². The number of nitrogens with zero attached hydrogens (tertiary/aromatic N) is 4. The SMILES string of the molecule is Cc1cc(-c2c(F)cc(F)cc2F)c2c(-n3cc4n(c3=O)C[C@@H](NS(C)(=O)=O)C4(F)F)noc2n1. The molecular formula is C20H14F5N5O4S. The second-order valence-corrected chi connectivity index (χ2v) is 9.87. The molecular weight excluding hydrogens is 501 g/mol. The number of imidazole rings is 1. The maximum atomic E-state index is 14.9. The van der Waals surface area contributed by atoms with E-state index in [1.54, 1.807) is 4.72 Å². The first kappa shape index (κ1) is 23.2. The Kier molecular flexibility index (Phi) is 4.93. The number of sulfonamides is 1. The van der Waals surface area contributed by atoms with Crippen molar-refractivity contribution in [1.82, 2.24) is 24.0 Å². The van der Waals surface area contributed by atoms with Gasteiger partial charge in [0.05, 0.1) is 23.8 Å². The van der Waals surface area contributed by atoms with Crippen molar-refractivity contribution in [2.45, 2.75) is 25.4 Å². The zero-order valence-corrected chi connectivity index (χ0v) is 18.6. The van der Waals surface area contributed by atoms with Gasteiger partial charge in [-0.15, -0.1) is 0 Å². The van der Waals surface area contributed by atoms with Crippen LogP contribution in [0.25, 0.3) is 28.0 Å². The number of hydrogen-bond acceptors (Lipinski definition) is 6. The lowest BCUT2D eigenvalue weighted by molar-refractivity contribution is -0.0248. The van der Waals surface area contributed by atoms with Crippen molar-refractivity contribution >= 4 is 21.1 Å². The van der Waals surface area contributed by atoms with Gasteiger partial charge in [-0.25, -0.2) is 40.7 Å². The van der Waals surface area contributed by atoms with E-state index in [2.05, 4.69) is 10.1 Å². The smallest absolute Gasteiger partial charge is 0.334 e. The van der Waals surface area contributed by atoms with E-state index < -0.39 is 62.9 Å². The molecule has 5 rings (SSSR count). The fourth-order valence-electron chi connectivity index (χ4n) is 4.14. The van der Waals surface area contributed by atoms with Crippen LogP contribution in [0.1, 0.15) is 11.4 Å². The van der Waals surface area contributed by atoms with Gasteiger partial charge >= 0.3 is 11.6 Å². The van der Waals surface area contributed by atoms with Crippen LogP contribution in [0.3, 0.4) is 0 Å². The second kappa shape index (κ2) is 7.45. The fraction of sp³-hybridized carbons (Fsp3) is 0.250. The van der Waals surface area contributed by atoms with E-state index in [1.165, 1.54) is 13.0 Å². The van der Waals surface area contributed by atoms with Crippen LogP contribution in [-0.2, 0) is 22.5 Å². The topological polar surface area (TPSA) is 112 Å². The Morgan fingerprint density at radius 3 is 2.43 bits per heavy atom. The summed E-state index contributed by atoms with van der Waals surface area (Å²) in [7, 11) is -4.01. The highest BCUT2D eigenvalue weighted by Gasteiger charge is 2.52. The van der Waals surface area contributed by atoms with Gasteiger partial charge in [-0.05, 0) is 13.0 Å². The summed E-state index contributed by atoms with van der Waals surface area (Å²) in [6.45, 7) is 0.807. The largest absolute Gasteiger partial charge is 0.334 e. The van der Waals surface area contributed by atoms with E-state index >= 15 is 0 Å². The number of halogens is 5. The lowest BCUT2D eigenvalue weighted by atomic mass is 10.0. The lowest BCUT2D eigenvalue weighted by Gasteiger charge is -2.18. The van der Waals surface area contributed by atoms with Gasteiger partial charge in [-0.1, -0.05) is 5.16 Å². The average molecular weight is 515 g/mol. The van der Waals surface area contributed by atoms with Gasteiger partial charge in [-0.3, -0.25) is 4.57 Å². The molecule has 0 fully saturated rings. The molecule has 1 aliphatic rings. The quantitative estimate of drug-likeness (QED) is 0.419. The van der Waals surface area contributed by atoms with E-state index in [0.29, 0.717) is 27.5 Å². The summed E-state index contributed by atoms with van der Waals surface area (Å²) in [5.41, 5.74) is -2.69. The molecule has 0 spiro atoms. The van der Waals surface area contributed by atoms with Gasteiger partial charge in [0.15, 0.2) is 5.82 Å². The summed E-state index contributed by atoms with van der Waals surface area (Å²) >= 11 is 0. The van der Waals surface area contributed by atoms with E-state index in [-0.39, 0.29) is 28.2 Å². The van der Waals surface area contributed by atoms with Crippen LogP contribution >= 0.6 is 0 Å². The highest BCUT2D eigenvalue weighted by Crippen LogP contribution is 2.40. The summed E-state index contributed by atoms with van der Waals surface area (Å²) in [6, 6.07) is 0.271. The molecule has 4 aromatic rings. The maximum Gasteiger partial charge on any atom is 0.334 e. The van der Waals surface area contributed by atoms with Crippen LogP contribution in [-0.4, -0.2) is 40.0 Å². The summed E-state index contributed by atoms with van der Waals surface area (Å²) in [4.78, 5) is 17.1. The van der Waals surface area contributed by atoms with Gasteiger partial charge in [0.1, 0.15) is 29.2 Å². The Labute approximate surface area is 192 Å². The van der Waals surface area contributed by atoms with Crippen molar-refractivity contribution in [3.05, 3.63) is 63.7 Å². The number of alkyl halides is 2. The number of aromatic nitrogens is 4. The molecule has 3 aromatic heterocycles. The molecule has 0 unspecified atom stereocenters. The van der Waals surface area contributed by atoms with Crippen LogP contribution < -0.4 is 10.4 Å². The van der Waals surface area contributed by atoms with Gasteiger partial charge in [0.2, 0.25) is 10.0 Å². The highest BCUT2D eigenvalue weighted by atomic mass is 32.2. The average Bonchev–Trinajstić information content (AvgIpc) is 3.33. The Balaban J connectivity index is 1.73. The zero-order chi connectivity index (χ0) is 25.4. The molecule has 1 N–H and O–H groups in total. The predicted octanol–water partition coefficient (Wildman–Crippen LogP) is 2.59. The first-order valence-electron chi connectivity index (χ1n) is 9.88. The number of pyridine rings is 1. The fourth-order valence-corrected chi connectivity index (χ4v) is 4.88. The maximum absolute atomic E-state index is 14.9. The number of rotatable bonds is 4. The van der Waals surface area contributed by atoms with Crippen molar-refractivity contribution in [3.8, 4) is 16.9 Å². The van der Waals surface area contributed by atoms with Crippen molar-refractivity contribution in [2.24, 2.45) is 0 Å². The standard InChI is InChI=1S/C20H14F5N5O4S/c1-8-3-10(15-11(22)4-9(21)5-12(15)23)16-17(27-34-18(16)26-8)30-7-14-20(24,25)13(28-35(2,32)33)6-29(14)19(30)31/h3-5,7,13,28H,6H2,1-2H3/t13-/m1/s1. The Morgan fingerprint density at radius 1 is 1.17 bits per heavy atom. The molecule has 15 heteroatoms. The molecule has 9 nitrogen and oxygen atoms in total. The van der Waals surface area contributed by atoms with Crippen LogP contribution in [0.5, 0.6) is 0 Å². The molecule has 0 saturated carbocycles. The van der Waals surface area contributed by atoms with Crippen LogP contribution in [0.15, 0.2) is 33.7 Å². The van der Waals surface area contributed by atoms with Crippen LogP contribution in [0.4, 0.5) is 22.0 Å². The molecule has 0 aliphatic carbocycles. The molecule has 0 amide bonds. The molecule has 4 heterocycles. The Morgan fingerprint density at radius 2 is 1.83 bits per heavy atom. The molecule has 1 aliphatic heterocycles. The Bertz CT molecular complexity index is 1670. The normalized spacial score (nSPS) is 17.3. The highest BCUT2D eigenvalue weighted by molar-refractivity contribution is 7.88. The van der Waals surface area contributed by atoms with Crippen LogP contribution in [0, 0.1) is 24.4 Å². The molecule has 184 valence electrons.